The van der Waals surface area contributed by atoms with Gasteiger partial charge in [0.1, 0.15) is 12.6 Å². The topological polar surface area (TPSA) is 114 Å². The molecule has 0 aliphatic heterocycles. The van der Waals surface area contributed by atoms with E-state index in [1.54, 1.807) is 0 Å². The van der Waals surface area contributed by atoms with E-state index in [0.29, 0.717) is 5.75 Å². The summed E-state index contributed by atoms with van der Waals surface area (Å²) >= 11 is 0. The van der Waals surface area contributed by atoms with Crippen molar-refractivity contribution in [1.29, 1.82) is 0 Å². The summed E-state index contributed by atoms with van der Waals surface area (Å²) in [5, 5.41) is 10.7. The summed E-state index contributed by atoms with van der Waals surface area (Å²) in [5.41, 5.74) is 5.34. The number of nitro benzene ring substituents is 1. The van der Waals surface area contributed by atoms with Crippen LogP contribution in [-0.4, -0.2) is 37.8 Å². The molecular weight excluding hydrogens is 256 g/mol. The predicted octanol–water partition coefficient (Wildman–Crippen LogP) is 0.482. The van der Waals surface area contributed by atoms with Gasteiger partial charge in [0.25, 0.3) is 5.69 Å². The Morgan fingerprint density at radius 1 is 1.42 bits per heavy atom. The number of hydrogen-bond acceptors (Lipinski definition) is 7. The molecule has 0 radical (unpaired) electrons. The molecule has 19 heavy (non-hydrogen) atoms. The molecule has 0 heterocycles. The van der Waals surface area contributed by atoms with Crippen molar-refractivity contribution in [2.24, 2.45) is 5.73 Å². The first-order valence-corrected chi connectivity index (χ1v) is 5.28. The van der Waals surface area contributed by atoms with Gasteiger partial charge in [-0.05, 0) is 6.07 Å². The minimum Gasteiger partial charge on any atom is -0.493 e. The van der Waals surface area contributed by atoms with Gasteiger partial charge >= 0.3 is 5.97 Å². The lowest BCUT2D eigenvalue weighted by molar-refractivity contribution is -0.385. The van der Waals surface area contributed by atoms with Gasteiger partial charge in [-0.2, -0.15) is 0 Å². The van der Waals surface area contributed by atoms with E-state index in [1.807, 2.05) is 0 Å². The number of ether oxygens (including phenoxy) is 3. The van der Waals surface area contributed by atoms with Gasteiger partial charge in [-0.3, -0.25) is 14.9 Å². The number of esters is 1. The van der Waals surface area contributed by atoms with Gasteiger partial charge in [0, 0.05) is 6.07 Å². The molecule has 0 bridgehead atoms. The Balaban J connectivity index is 2.83. The lowest BCUT2D eigenvalue weighted by atomic mass is 10.2. The summed E-state index contributed by atoms with van der Waals surface area (Å²) in [6.45, 7) is -0.176. The molecule has 0 fully saturated rings. The number of carbonyl (C=O) groups is 1. The molecule has 0 aliphatic carbocycles. The van der Waals surface area contributed by atoms with E-state index in [1.165, 1.54) is 32.4 Å². The Morgan fingerprint density at radius 3 is 2.63 bits per heavy atom. The molecule has 1 atom stereocenters. The van der Waals surface area contributed by atoms with E-state index in [-0.39, 0.29) is 18.0 Å². The molecule has 1 aromatic carbocycles. The number of nitrogens with zero attached hydrogens (tertiary/aromatic N) is 1. The molecule has 0 spiro atoms. The first-order chi connectivity index (χ1) is 8.99. The van der Waals surface area contributed by atoms with Crippen LogP contribution < -0.4 is 15.2 Å². The van der Waals surface area contributed by atoms with Crippen molar-refractivity contribution in [3.05, 3.63) is 28.3 Å². The molecule has 2 N–H and O–H groups in total. The van der Waals surface area contributed by atoms with Crippen molar-refractivity contribution in [2.75, 3.05) is 20.8 Å². The van der Waals surface area contributed by atoms with Crippen LogP contribution in [-0.2, 0) is 9.53 Å². The molecule has 0 saturated carbocycles. The number of nitro groups is 1. The van der Waals surface area contributed by atoms with E-state index < -0.39 is 16.9 Å². The van der Waals surface area contributed by atoms with Crippen LogP contribution in [0.1, 0.15) is 0 Å². The zero-order chi connectivity index (χ0) is 14.4. The van der Waals surface area contributed by atoms with Crippen molar-refractivity contribution in [2.45, 2.75) is 6.04 Å². The maximum Gasteiger partial charge on any atom is 0.326 e. The summed E-state index contributed by atoms with van der Waals surface area (Å²) < 4.78 is 14.7. The van der Waals surface area contributed by atoms with Crippen molar-refractivity contribution in [3.63, 3.8) is 0 Å². The summed E-state index contributed by atoms with van der Waals surface area (Å²) in [6, 6.07) is 2.90. The predicted molar refractivity (Wildman–Crippen MR) is 65.1 cm³/mol. The van der Waals surface area contributed by atoms with Crippen LogP contribution in [0.2, 0.25) is 0 Å². The molecule has 8 nitrogen and oxygen atoms in total. The van der Waals surface area contributed by atoms with Crippen LogP contribution in [0.15, 0.2) is 18.2 Å². The van der Waals surface area contributed by atoms with Gasteiger partial charge in [-0.25, -0.2) is 0 Å². The molecule has 0 aromatic heterocycles. The molecule has 1 rings (SSSR count). The second-order valence-electron chi connectivity index (χ2n) is 3.53. The number of benzene rings is 1. The monoisotopic (exact) mass is 270 g/mol. The van der Waals surface area contributed by atoms with Crippen molar-refractivity contribution < 1.29 is 23.9 Å². The second kappa shape index (κ2) is 6.55. The van der Waals surface area contributed by atoms with Crippen molar-refractivity contribution in [3.8, 4) is 11.5 Å². The molecule has 1 aromatic rings. The second-order valence-corrected chi connectivity index (χ2v) is 3.53. The number of nitrogens with two attached hydrogens (primary N) is 1. The number of methoxy groups -OCH3 is 2. The quantitative estimate of drug-likeness (QED) is 0.454. The zero-order valence-electron chi connectivity index (χ0n) is 10.5. The number of rotatable bonds is 6. The summed E-state index contributed by atoms with van der Waals surface area (Å²) in [7, 11) is 2.60. The fraction of sp³-hybridized carbons (Fsp3) is 0.364. The summed E-state index contributed by atoms with van der Waals surface area (Å²) in [6.07, 6.45) is 0. The first kappa shape index (κ1) is 14.7. The summed E-state index contributed by atoms with van der Waals surface area (Å²) in [5.74, 6) is -0.192. The fourth-order valence-electron chi connectivity index (χ4n) is 1.29. The number of hydrogen-bond donors (Lipinski definition) is 1. The maximum absolute atomic E-state index is 11.1. The number of non-ortho nitro benzene ring substituents is 1. The van der Waals surface area contributed by atoms with Crippen LogP contribution in [0.3, 0.4) is 0 Å². The maximum atomic E-state index is 11.1. The first-order valence-electron chi connectivity index (χ1n) is 5.28. The SMILES string of the molecule is COC(=O)C(N)COc1cc([N+](=O)[O-])ccc1OC. The highest BCUT2D eigenvalue weighted by Gasteiger charge is 2.17. The van der Waals surface area contributed by atoms with Gasteiger partial charge in [-0.1, -0.05) is 0 Å². The molecular formula is C11H14N2O6. The Kier molecular flexibility index (Phi) is 5.07. The molecule has 1 unspecified atom stereocenters. The highest BCUT2D eigenvalue weighted by atomic mass is 16.6. The average Bonchev–Trinajstić information content (AvgIpc) is 2.43. The normalized spacial score (nSPS) is 11.5. The smallest absolute Gasteiger partial charge is 0.326 e. The van der Waals surface area contributed by atoms with Crippen LogP contribution in [0.4, 0.5) is 5.69 Å². The van der Waals surface area contributed by atoms with Crippen LogP contribution in [0.25, 0.3) is 0 Å². The average molecular weight is 270 g/mol. The van der Waals surface area contributed by atoms with Crippen LogP contribution in [0, 0.1) is 10.1 Å². The van der Waals surface area contributed by atoms with Gasteiger partial charge < -0.3 is 19.9 Å². The largest absolute Gasteiger partial charge is 0.493 e. The van der Waals surface area contributed by atoms with Gasteiger partial charge in [0.15, 0.2) is 11.5 Å². The molecule has 104 valence electrons. The highest BCUT2D eigenvalue weighted by molar-refractivity contribution is 5.75. The Bertz CT molecular complexity index is 476. The number of carbonyl (C=O) groups excluding carboxylic acids is 1. The summed E-state index contributed by atoms with van der Waals surface area (Å²) in [4.78, 5) is 21.2. The Morgan fingerprint density at radius 2 is 2.11 bits per heavy atom. The highest BCUT2D eigenvalue weighted by Crippen LogP contribution is 2.31. The van der Waals surface area contributed by atoms with Gasteiger partial charge in [0.2, 0.25) is 0 Å². The standard InChI is InChI=1S/C11H14N2O6/c1-17-9-4-3-7(13(15)16)5-10(9)19-6-8(12)11(14)18-2/h3-5,8H,6,12H2,1-2H3. The van der Waals surface area contributed by atoms with Crippen molar-refractivity contribution in [1.82, 2.24) is 0 Å². The van der Waals surface area contributed by atoms with Gasteiger partial charge in [0.05, 0.1) is 25.2 Å². The molecule has 0 aliphatic rings. The Labute approximate surface area is 109 Å². The van der Waals surface area contributed by atoms with E-state index in [4.69, 9.17) is 15.2 Å². The zero-order valence-corrected chi connectivity index (χ0v) is 10.5. The van der Waals surface area contributed by atoms with Crippen LogP contribution >= 0.6 is 0 Å². The fourth-order valence-corrected chi connectivity index (χ4v) is 1.29. The minimum absolute atomic E-state index is 0.135. The van der Waals surface area contributed by atoms with E-state index in [9.17, 15) is 14.9 Å². The minimum atomic E-state index is -0.978. The molecule has 0 amide bonds. The van der Waals surface area contributed by atoms with E-state index in [2.05, 4.69) is 4.74 Å². The third-order valence-corrected chi connectivity index (χ3v) is 2.28. The van der Waals surface area contributed by atoms with Crippen LogP contribution in [0.5, 0.6) is 11.5 Å². The van der Waals surface area contributed by atoms with E-state index >= 15 is 0 Å². The third-order valence-electron chi connectivity index (χ3n) is 2.28. The lowest BCUT2D eigenvalue weighted by Crippen LogP contribution is -2.37. The van der Waals surface area contributed by atoms with Gasteiger partial charge in [-0.15, -0.1) is 0 Å². The Hall–Kier alpha value is -2.35. The third kappa shape index (κ3) is 3.81. The lowest BCUT2D eigenvalue weighted by Gasteiger charge is -2.13. The molecule has 0 saturated heterocycles. The molecule has 8 heteroatoms. The van der Waals surface area contributed by atoms with Crippen molar-refractivity contribution >= 4 is 11.7 Å². The van der Waals surface area contributed by atoms with E-state index in [0.717, 1.165) is 0 Å².